The molecule has 0 aliphatic rings. The summed E-state index contributed by atoms with van der Waals surface area (Å²) in [6.07, 6.45) is 74.9. The molecule has 0 aromatic carbocycles. The zero-order valence-electron chi connectivity index (χ0n) is 82.8. The number of hydrogen-bond donors (Lipinski definition) is 0. The van der Waals surface area contributed by atoms with Crippen molar-refractivity contribution in [2.24, 2.45) is 69.0 Å². The molecule has 6 unspecified atom stereocenters. The Balaban J connectivity index is -0.000000102. The Kier molecular flexibility index (Phi) is 126. The monoisotopic (exact) mass is 1480 g/mol. The molecule has 0 fully saturated rings. The molecular weight excluding hydrogens is 1250 g/mol. The third-order valence-corrected chi connectivity index (χ3v) is 25.3. The van der Waals surface area contributed by atoms with Gasteiger partial charge in [0, 0.05) is 0 Å². The molecule has 0 aromatic rings. The fourth-order valence-corrected chi connectivity index (χ4v) is 12.3. The smallest absolute Gasteiger partial charge is 0.0331 e. The maximum absolute atomic E-state index is 2.43. The third-order valence-electron chi connectivity index (χ3n) is 25.3. The van der Waals surface area contributed by atoms with Crippen LogP contribution in [-0.2, 0) is 0 Å². The molecule has 0 radical (unpaired) electrons. The summed E-state index contributed by atoms with van der Waals surface area (Å²) in [6, 6.07) is 0. The van der Waals surface area contributed by atoms with Crippen molar-refractivity contribution in [2.75, 3.05) is 0 Å². The van der Waals surface area contributed by atoms with Crippen molar-refractivity contribution in [2.45, 2.75) is 610 Å². The number of rotatable bonds is 55. The summed E-state index contributed by atoms with van der Waals surface area (Å²) < 4.78 is 0. The fraction of sp³-hybridized carbons (Fsp3) is 1.00. The normalized spacial score (nSPS) is 12.8. The highest BCUT2D eigenvalue weighted by Gasteiger charge is 2.20. The van der Waals surface area contributed by atoms with E-state index in [9.17, 15) is 0 Å². The molecule has 0 bridgehead atoms. The molecule has 0 aliphatic heterocycles. The minimum Gasteiger partial charge on any atom is -0.0654 e. The van der Waals surface area contributed by atoms with Gasteiger partial charge in [-0.3, -0.25) is 0 Å². The van der Waals surface area contributed by atoms with E-state index in [1.54, 1.807) is 0 Å². The molecule has 0 aromatic heterocycles. The Morgan fingerprint density at radius 3 is 0.663 bits per heavy atom. The highest BCUT2D eigenvalue weighted by molar-refractivity contribution is 4.72. The van der Waals surface area contributed by atoms with E-state index >= 15 is 0 Å². The minimum atomic E-state index is 0.592. The first-order valence-corrected chi connectivity index (χ1v) is 49.3. The van der Waals surface area contributed by atoms with Crippen molar-refractivity contribution in [1.29, 1.82) is 0 Å². The van der Waals surface area contributed by atoms with E-state index in [2.05, 4.69) is 263 Å². The van der Waals surface area contributed by atoms with Crippen molar-refractivity contribution >= 4 is 0 Å². The summed E-state index contributed by atoms with van der Waals surface area (Å²) >= 11 is 0. The molecule has 0 rings (SSSR count). The summed E-state index contributed by atoms with van der Waals surface area (Å²) in [4.78, 5) is 0. The second-order valence-corrected chi connectivity index (χ2v) is 36.4. The first-order chi connectivity index (χ1) is 49.3. The van der Waals surface area contributed by atoms with Crippen molar-refractivity contribution in [1.82, 2.24) is 0 Å². The zero-order valence-corrected chi connectivity index (χ0v) is 82.8. The topological polar surface area (TPSA) is 0 Å². The molecule has 104 heavy (non-hydrogen) atoms. The predicted molar refractivity (Wildman–Crippen MR) is 503 cm³/mol. The maximum atomic E-state index is 2.43. The highest BCUT2D eigenvalue weighted by Crippen LogP contribution is 2.34. The summed E-state index contributed by atoms with van der Waals surface area (Å²) in [7, 11) is 0. The minimum absolute atomic E-state index is 0.592. The van der Waals surface area contributed by atoms with Crippen LogP contribution in [0.15, 0.2) is 0 Å². The molecule has 0 saturated heterocycles. The molecular formula is C104H230. The van der Waals surface area contributed by atoms with Gasteiger partial charge in [0.25, 0.3) is 0 Å². The quantitative estimate of drug-likeness (QED) is 0.0533. The average Bonchev–Trinajstić information content (AvgIpc) is 0.948. The first-order valence-electron chi connectivity index (χ1n) is 49.3. The van der Waals surface area contributed by atoms with Crippen LogP contribution in [0.25, 0.3) is 0 Å². The van der Waals surface area contributed by atoms with Crippen molar-refractivity contribution in [3.8, 4) is 0 Å². The highest BCUT2D eigenvalue weighted by atomic mass is 14.3. The summed E-state index contributed by atoms with van der Waals surface area (Å²) in [6.45, 7) is 87.6. The summed E-state index contributed by atoms with van der Waals surface area (Å²) in [5, 5.41) is 0. The van der Waals surface area contributed by atoms with Gasteiger partial charge in [-0.05, 0) is 101 Å². The van der Waals surface area contributed by atoms with Crippen LogP contribution in [0.1, 0.15) is 610 Å². The van der Waals surface area contributed by atoms with Crippen molar-refractivity contribution in [3.05, 3.63) is 0 Å². The molecule has 0 spiro atoms. The van der Waals surface area contributed by atoms with Gasteiger partial charge >= 0.3 is 0 Å². The van der Waals surface area contributed by atoms with Crippen molar-refractivity contribution < 1.29 is 0 Å². The largest absolute Gasteiger partial charge is 0.0654 e. The van der Waals surface area contributed by atoms with Crippen LogP contribution in [0.2, 0.25) is 0 Å². The van der Waals surface area contributed by atoms with Crippen LogP contribution in [0.4, 0.5) is 0 Å². The molecule has 0 heteroatoms. The van der Waals surface area contributed by atoms with Gasteiger partial charge in [-0.2, -0.15) is 0 Å². The lowest BCUT2D eigenvalue weighted by Crippen LogP contribution is -2.13. The Bertz CT molecular complexity index is 1310. The SMILES string of the molecule is CCC(C)CC(C)CC.CCCC(C)(C)CC.CCCC(C)CCC.CCCCC(C)(CC)CC.CCCCC(C)CC.CCCCC(CC)CC.CCCCCC(C)(CC)CC.CCCCCC(C)CC.CCCCCC(C)CC.CCCCCCC(C)(CC)CC.CCCCCCCC(C)CC. The van der Waals surface area contributed by atoms with E-state index in [0.717, 1.165) is 47.3 Å². The van der Waals surface area contributed by atoms with Crippen LogP contribution >= 0.6 is 0 Å². The lowest BCUT2D eigenvalue weighted by atomic mass is 9.80. The molecule has 0 heterocycles. The van der Waals surface area contributed by atoms with E-state index < -0.39 is 0 Å². The Morgan fingerprint density at radius 2 is 0.413 bits per heavy atom. The van der Waals surface area contributed by atoms with Crippen LogP contribution in [0, 0.1) is 69.0 Å². The molecule has 6 atom stereocenters. The van der Waals surface area contributed by atoms with Gasteiger partial charge in [0.05, 0.1) is 0 Å². The standard InChI is InChI=1S/C12H26.2C11H24.C10H22.4C9H20.3C8H18/c1-5-8-9-10-11-12(4,6-2)7-3;1-5-8-9-10-11(4,6-2)7-3;1-4-6-7-8-9-10-11(3)5-2;1-5-8-9-10(4,6-2)7-3;1-5-8(3)7-9(4)6-2;2*1-4-6-7-8-9(3)5-2;1-4-7-8-9(5-2)6-3;1-5-7-8(3,4)6-2;1-4-6-7-8(3)5-2;1-4-6-8(3)7-5-2/h5-11H2,1-4H3;5-10H2,1-4H3;11H,4-10H2,1-3H3;5-9H2,1-4H3;8-9H,5-7H2,1-4H3;3*9H,4-8H2,1-3H3;5-7H2,1-4H3;2*8H,4-7H2,1-3H3. The molecule has 0 amide bonds. The summed E-state index contributed by atoms with van der Waals surface area (Å²) in [5.74, 6) is 7.65. The van der Waals surface area contributed by atoms with Gasteiger partial charge < -0.3 is 0 Å². The van der Waals surface area contributed by atoms with Gasteiger partial charge in [0.2, 0.25) is 0 Å². The van der Waals surface area contributed by atoms with Crippen LogP contribution in [0.3, 0.4) is 0 Å². The average molecular weight is 1480 g/mol. The lowest BCUT2D eigenvalue weighted by molar-refractivity contribution is 0.262. The van der Waals surface area contributed by atoms with Gasteiger partial charge in [-0.15, -0.1) is 0 Å². The van der Waals surface area contributed by atoms with E-state index in [1.165, 1.54) is 347 Å². The van der Waals surface area contributed by atoms with E-state index in [-0.39, 0.29) is 0 Å². The molecule has 646 valence electrons. The Hall–Kier alpha value is 0. The van der Waals surface area contributed by atoms with Gasteiger partial charge in [0.1, 0.15) is 0 Å². The number of unbranched alkanes of at least 4 members (excludes halogenated alkanes) is 16. The second kappa shape index (κ2) is 103. The zero-order chi connectivity index (χ0) is 82.8. The molecule has 0 aliphatic carbocycles. The lowest BCUT2D eigenvalue weighted by Gasteiger charge is -2.26. The fourth-order valence-electron chi connectivity index (χ4n) is 12.3. The Labute approximate surface area is 674 Å². The van der Waals surface area contributed by atoms with Gasteiger partial charge in [-0.25, -0.2) is 0 Å². The second-order valence-electron chi connectivity index (χ2n) is 36.4. The van der Waals surface area contributed by atoms with E-state index in [1.807, 2.05) is 0 Å². The summed E-state index contributed by atoms with van der Waals surface area (Å²) in [5.41, 5.74) is 2.49. The van der Waals surface area contributed by atoms with Crippen LogP contribution < -0.4 is 0 Å². The van der Waals surface area contributed by atoms with Crippen LogP contribution in [0.5, 0.6) is 0 Å². The van der Waals surface area contributed by atoms with E-state index in [0.29, 0.717) is 21.7 Å². The van der Waals surface area contributed by atoms with E-state index in [4.69, 9.17) is 0 Å². The van der Waals surface area contributed by atoms with Gasteiger partial charge in [0.15, 0.2) is 0 Å². The molecule has 0 nitrogen and oxygen atoms in total. The van der Waals surface area contributed by atoms with Crippen molar-refractivity contribution in [3.63, 3.8) is 0 Å². The number of hydrogen-bond acceptors (Lipinski definition) is 0. The van der Waals surface area contributed by atoms with Gasteiger partial charge in [-0.1, -0.05) is 578 Å². The predicted octanol–water partition coefficient (Wildman–Crippen LogP) is 41.5. The first kappa shape index (κ1) is 128. The van der Waals surface area contributed by atoms with Crippen LogP contribution in [-0.4, -0.2) is 0 Å². The maximum Gasteiger partial charge on any atom is -0.0331 e. The molecule has 0 saturated carbocycles. The Morgan fingerprint density at radius 1 is 0.173 bits per heavy atom. The third kappa shape index (κ3) is 118. The molecule has 0 N–H and O–H groups in total.